The molecule has 0 unspecified atom stereocenters. The van der Waals surface area contributed by atoms with E-state index in [1.54, 1.807) is 0 Å². The first-order valence-electron chi connectivity index (χ1n) is 11.9. The lowest BCUT2D eigenvalue weighted by atomic mass is 9.69. The largest absolute Gasteiger partial charge is 0.316 e. The van der Waals surface area contributed by atoms with Crippen molar-refractivity contribution < 1.29 is 0 Å². The first kappa shape index (κ1) is 23.5. The minimum Gasteiger partial charge on any atom is -0.316 e. The van der Waals surface area contributed by atoms with Crippen LogP contribution in [0.2, 0.25) is 0 Å². The summed E-state index contributed by atoms with van der Waals surface area (Å²) in [6, 6.07) is 2.42. The fourth-order valence-electron chi connectivity index (χ4n) is 4.70. The van der Waals surface area contributed by atoms with Crippen LogP contribution in [-0.2, 0) is 0 Å². The number of aliphatic imine (C=N–C) groups is 1. The standard InChI is InChI=1S/C28H39N3/c1-18(2)17-31-11-7-8-20(5)27(19(3)4)28-25(22-9-10-22)14-24(15-26(28)30-6)23-12-21(13-23)16-29/h14-15,18,21-23,31H,3,5,7-13,17H2,1-2,4,6H3/b28-27+,30-26-. The molecular formula is C28H39N3. The molecule has 0 aromatic carbocycles. The van der Waals surface area contributed by atoms with E-state index in [1.807, 2.05) is 7.05 Å². The van der Waals surface area contributed by atoms with Crippen molar-refractivity contribution >= 4 is 5.71 Å². The molecule has 0 heterocycles. The highest BCUT2D eigenvalue weighted by Crippen LogP contribution is 2.48. The van der Waals surface area contributed by atoms with E-state index in [0.717, 1.165) is 50.1 Å². The van der Waals surface area contributed by atoms with Gasteiger partial charge < -0.3 is 5.32 Å². The highest BCUT2D eigenvalue weighted by Gasteiger charge is 2.37. The highest BCUT2D eigenvalue weighted by atomic mass is 14.8. The van der Waals surface area contributed by atoms with Crippen molar-refractivity contribution in [2.75, 3.05) is 20.1 Å². The Balaban J connectivity index is 1.84. The van der Waals surface area contributed by atoms with E-state index in [2.05, 4.69) is 57.5 Å². The van der Waals surface area contributed by atoms with Crippen LogP contribution in [0.4, 0.5) is 0 Å². The summed E-state index contributed by atoms with van der Waals surface area (Å²) in [5, 5.41) is 12.7. The van der Waals surface area contributed by atoms with E-state index in [0.29, 0.717) is 17.8 Å². The summed E-state index contributed by atoms with van der Waals surface area (Å²) in [7, 11) is 1.90. The normalized spacial score (nSPS) is 26.1. The van der Waals surface area contributed by atoms with Gasteiger partial charge in [0.1, 0.15) is 0 Å². The molecule has 2 saturated carbocycles. The second-order valence-electron chi connectivity index (χ2n) is 9.96. The maximum Gasteiger partial charge on any atom is 0.0656 e. The van der Waals surface area contributed by atoms with E-state index in [4.69, 9.17) is 4.99 Å². The molecular weight excluding hydrogens is 378 g/mol. The van der Waals surface area contributed by atoms with Gasteiger partial charge >= 0.3 is 0 Å². The Bertz CT molecular complexity index is 878. The Kier molecular flexibility index (Phi) is 7.89. The summed E-state index contributed by atoms with van der Waals surface area (Å²) < 4.78 is 0. The van der Waals surface area contributed by atoms with E-state index < -0.39 is 0 Å². The van der Waals surface area contributed by atoms with Gasteiger partial charge in [0.25, 0.3) is 0 Å². The van der Waals surface area contributed by atoms with Gasteiger partial charge in [0.05, 0.1) is 11.8 Å². The molecule has 0 amide bonds. The van der Waals surface area contributed by atoms with Crippen molar-refractivity contribution in [3.63, 3.8) is 0 Å². The Morgan fingerprint density at radius 3 is 2.48 bits per heavy atom. The van der Waals surface area contributed by atoms with Crippen molar-refractivity contribution in [1.29, 1.82) is 5.26 Å². The minimum absolute atomic E-state index is 0.220. The number of allylic oxidation sites excluding steroid dienone is 8. The zero-order valence-corrected chi connectivity index (χ0v) is 19.9. The molecule has 0 aliphatic heterocycles. The lowest BCUT2D eigenvalue weighted by Crippen LogP contribution is -2.26. The molecule has 0 atom stereocenters. The first-order valence-corrected chi connectivity index (χ1v) is 11.9. The van der Waals surface area contributed by atoms with Gasteiger partial charge in [0.2, 0.25) is 0 Å². The van der Waals surface area contributed by atoms with Gasteiger partial charge in [-0.3, -0.25) is 4.99 Å². The molecule has 31 heavy (non-hydrogen) atoms. The number of nitriles is 1. The van der Waals surface area contributed by atoms with Crippen LogP contribution in [-0.4, -0.2) is 25.8 Å². The topological polar surface area (TPSA) is 48.2 Å². The van der Waals surface area contributed by atoms with Crippen molar-refractivity contribution in [2.24, 2.45) is 28.7 Å². The molecule has 3 heteroatoms. The summed E-state index contributed by atoms with van der Waals surface area (Å²) in [6.07, 6.45) is 11.2. The Morgan fingerprint density at radius 2 is 1.94 bits per heavy atom. The summed E-state index contributed by atoms with van der Waals surface area (Å²) >= 11 is 0. The fourth-order valence-corrected chi connectivity index (χ4v) is 4.70. The third-order valence-electron chi connectivity index (χ3n) is 6.64. The fraction of sp³-hybridized carbons (Fsp3) is 0.571. The SMILES string of the molecule is C=C(C)/C(C(=C)CCCNCC(C)C)=C1/C(C2CC2)=CC(C2CC(C#N)C2)=C/C1=N/C. The zero-order valence-electron chi connectivity index (χ0n) is 19.9. The van der Waals surface area contributed by atoms with E-state index in [1.165, 1.54) is 40.7 Å². The van der Waals surface area contributed by atoms with E-state index >= 15 is 0 Å². The molecule has 166 valence electrons. The quantitative estimate of drug-likeness (QED) is 0.422. The maximum absolute atomic E-state index is 9.18. The molecule has 3 aliphatic carbocycles. The van der Waals surface area contributed by atoms with E-state index in [-0.39, 0.29) is 5.92 Å². The monoisotopic (exact) mass is 417 g/mol. The molecule has 0 aromatic heterocycles. The third-order valence-corrected chi connectivity index (χ3v) is 6.64. The van der Waals surface area contributed by atoms with Crippen molar-refractivity contribution in [3.8, 4) is 6.07 Å². The number of nitrogens with zero attached hydrogens (tertiary/aromatic N) is 2. The van der Waals surface area contributed by atoms with Crippen LogP contribution in [0.25, 0.3) is 0 Å². The average Bonchev–Trinajstić information content (AvgIpc) is 3.52. The summed E-state index contributed by atoms with van der Waals surface area (Å²) in [6.45, 7) is 17.5. The van der Waals surface area contributed by atoms with Gasteiger partial charge in [-0.1, -0.05) is 38.7 Å². The van der Waals surface area contributed by atoms with Crippen LogP contribution in [0.1, 0.15) is 59.3 Å². The molecule has 2 fully saturated rings. The molecule has 0 bridgehead atoms. The molecule has 0 spiro atoms. The molecule has 3 rings (SSSR count). The van der Waals surface area contributed by atoms with Crippen molar-refractivity contribution in [2.45, 2.75) is 59.3 Å². The Hall–Kier alpha value is -2.18. The summed E-state index contributed by atoms with van der Waals surface area (Å²) in [5.41, 5.74) is 8.58. The van der Waals surface area contributed by atoms with Crippen LogP contribution < -0.4 is 5.32 Å². The number of nitrogens with one attached hydrogen (secondary N) is 1. The van der Waals surface area contributed by atoms with Gasteiger partial charge in [0, 0.05) is 18.5 Å². The van der Waals surface area contributed by atoms with Crippen molar-refractivity contribution in [3.05, 3.63) is 58.7 Å². The molecule has 0 radical (unpaired) electrons. The highest BCUT2D eigenvalue weighted by molar-refractivity contribution is 6.15. The second kappa shape index (κ2) is 10.4. The first-order chi connectivity index (χ1) is 14.8. The van der Waals surface area contributed by atoms with Gasteiger partial charge in [-0.25, -0.2) is 0 Å². The lowest BCUT2D eigenvalue weighted by Gasteiger charge is -2.34. The zero-order chi connectivity index (χ0) is 22.5. The number of hydrogen-bond acceptors (Lipinski definition) is 3. The van der Waals surface area contributed by atoms with Crippen LogP contribution >= 0.6 is 0 Å². The Labute approximate surface area is 189 Å². The van der Waals surface area contributed by atoms with Gasteiger partial charge in [-0.15, -0.1) is 0 Å². The maximum atomic E-state index is 9.18. The second-order valence-corrected chi connectivity index (χ2v) is 9.96. The minimum atomic E-state index is 0.220. The van der Waals surface area contributed by atoms with Crippen LogP contribution in [0, 0.1) is 35.0 Å². The van der Waals surface area contributed by atoms with E-state index in [9.17, 15) is 5.26 Å². The molecule has 0 saturated heterocycles. The molecule has 3 nitrogen and oxygen atoms in total. The summed E-state index contributed by atoms with van der Waals surface area (Å²) in [5.74, 6) is 2.02. The average molecular weight is 418 g/mol. The number of rotatable bonds is 10. The smallest absolute Gasteiger partial charge is 0.0656 e. The number of hydrogen-bond donors (Lipinski definition) is 1. The lowest BCUT2D eigenvalue weighted by molar-refractivity contribution is 0.292. The van der Waals surface area contributed by atoms with Crippen LogP contribution in [0.5, 0.6) is 0 Å². The summed E-state index contributed by atoms with van der Waals surface area (Å²) in [4.78, 5) is 4.72. The molecule has 0 aromatic rings. The van der Waals surface area contributed by atoms with Gasteiger partial charge in [-0.2, -0.15) is 5.26 Å². The van der Waals surface area contributed by atoms with Gasteiger partial charge in [-0.05, 0) is 105 Å². The predicted molar refractivity (Wildman–Crippen MR) is 132 cm³/mol. The van der Waals surface area contributed by atoms with Crippen molar-refractivity contribution in [1.82, 2.24) is 5.32 Å². The third kappa shape index (κ3) is 5.74. The Morgan fingerprint density at radius 1 is 1.23 bits per heavy atom. The molecule has 1 N–H and O–H groups in total. The van der Waals surface area contributed by atoms with Crippen LogP contribution in [0.15, 0.2) is 63.7 Å². The predicted octanol–water partition coefficient (Wildman–Crippen LogP) is 6.34. The van der Waals surface area contributed by atoms with Crippen LogP contribution in [0.3, 0.4) is 0 Å². The van der Waals surface area contributed by atoms with Gasteiger partial charge in [0.15, 0.2) is 0 Å². The molecule has 3 aliphatic rings.